The molecule has 1 aromatic carbocycles. The molecule has 0 aliphatic rings. The van der Waals surface area contributed by atoms with Gasteiger partial charge >= 0.3 is 5.97 Å². The molecule has 0 saturated heterocycles. The third kappa shape index (κ3) is 4.89. The van der Waals surface area contributed by atoms with Crippen LogP contribution in [0.25, 0.3) is 0 Å². The molecule has 2 N–H and O–H groups in total. The Kier molecular flexibility index (Phi) is 5.72. The van der Waals surface area contributed by atoms with Gasteiger partial charge in [0.25, 0.3) is 0 Å². The molecule has 0 saturated carbocycles. The molecule has 110 valence electrons. The summed E-state index contributed by atoms with van der Waals surface area (Å²) in [5.41, 5.74) is 1.23. The lowest BCUT2D eigenvalue weighted by Crippen LogP contribution is -2.23. The van der Waals surface area contributed by atoms with Gasteiger partial charge in [0.2, 0.25) is 0 Å². The highest BCUT2D eigenvalue weighted by Crippen LogP contribution is 2.17. The zero-order valence-electron chi connectivity index (χ0n) is 11.7. The van der Waals surface area contributed by atoms with Crippen molar-refractivity contribution >= 4 is 5.97 Å². The predicted molar refractivity (Wildman–Crippen MR) is 79.7 cm³/mol. The number of carboxylic acid groups (broad SMARTS) is 1. The Labute approximate surface area is 123 Å². The van der Waals surface area contributed by atoms with Crippen molar-refractivity contribution in [1.29, 1.82) is 0 Å². The van der Waals surface area contributed by atoms with Gasteiger partial charge < -0.3 is 15.2 Å². The Morgan fingerprint density at radius 1 is 1.14 bits per heavy atom. The second-order valence-electron chi connectivity index (χ2n) is 4.47. The van der Waals surface area contributed by atoms with Gasteiger partial charge in [0, 0.05) is 31.4 Å². The number of carboxylic acids is 1. The fourth-order valence-corrected chi connectivity index (χ4v) is 1.89. The highest BCUT2D eigenvalue weighted by Gasteiger charge is 2.09. The van der Waals surface area contributed by atoms with Gasteiger partial charge in [-0.15, -0.1) is 0 Å². The first kappa shape index (κ1) is 15.0. The van der Waals surface area contributed by atoms with Crippen molar-refractivity contribution in [2.45, 2.75) is 6.42 Å². The Hall–Kier alpha value is -2.40. The Balaban J connectivity index is 1.67. The van der Waals surface area contributed by atoms with Gasteiger partial charge in [-0.3, -0.25) is 4.98 Å². The van der Waals surface area contributed by atoms with E-state index in [1.165, 1.54) is 6.07 Å². The van der Waals surface area contributed by atoms with Gasteiger partial charge in [-0.25, -0.2) is 4.79 Å². The largest absolute Gasteiger partial charge is 0.491 e. The van der Waals surface area contributed by atoms with Crippen LogP contribution in [-0.2, 0) is 6.42 Å². The van der Waals surface area contributed by atoms with Crippen LogP contribution in [0.1, 0.15) is 16.1 Å². The summed E-state index contributed by atoms with van der Waals surface area (Å²) < 4.78 is 5.49. The number of carbonyl (C=O) groups is 1. The molecule has 0 atom stereocenters. The van der Waals surface area contributed by atoms with Crippen LogP contribution >= 0.6 is 0 Å². The molecule has 5 heteroatoms. The normalized spacial score (nSPS) is 10.3. The molecule has 0 unspecified atom stereocenters. The van der Waals surface area contributed by atoms with E-state index in [1.807, 2.05) is 18.2 Å². The van der Waals surface area contributed by atoms with Crippen LogP contribution in [0.3, 0.4) is 0 Å². The van der Waals surface area contributed by atoms with Gasteiger partial charge in [-0.1, -0.05) is 18.2 Å². The molecule has 0 radical (unpaired) electrons. The number of benzene rings is 1. The molecule has 21 heavy (non-hydrogen) atoms. The molecule has 2 rings (SSSR count). The number of nitrogens with one attached hydrogen (secondary N) is 1. The van der Waals surface area contributed by atoms with Crippen LogP contribution in [0.15, 0.2) is 48.7 Å². The number of hydrogen-bond donors (Lipinski definition) is 2. The molecule has 5 nitrogen and oxygen atoms in total. The average molecular weight is 286 g/mol. The molecule has 0 amide bonds. The number of aromatic carboxylic acids is 1. The summed E-state index contributed by atoms with van der Waals surface area (Å²) >= 11 is 0. The Morgan fingerprint density at radius 3 is 2.71 bits per heavy atom. The summed E-state index contributed by atoms with van der Waals surface area (Å²) in [4.78, 5) is 15.2. The van der Waals surface area contributed by atoms with E-state index >= 15 is 0 Å². The third-order valence-electron chi connectivity index (χ3n) is 2.94. The summed E-state index contributed by atoms with van der Waals surface area (Å²) in [5.74, 6) is -0.578. The molecule has 1 aromatic heterocycles. The van der Waals surface area contributed by atoms with Crippen molar-refractivity contribution in [2.75, 3.05) is 19.7 Å². The first-order chi connectivity index (χ1) is 10.3. The first-order valence-corrected chi connectivity index (χ1v) is 6.83. The first-order valence-electron chi connectivity index (χ1n) is 6.83. The van der Waals surface area contributed by atoms with E-state index in [-0.39, 0.29) is 5.56 Å². The number of nitrogens with zero attached hydrogens (tertiary/aromatic N) is 1. The van der Waals surface area contributed by atoms with E-state index in [0.29, 0.717) is 18.9 Å². The molecular weight excluding hydrogens is 268 g/mol. The molecule has 0 fully saturated rings. The molecule has 0 bridgehead atoms. The lowest BCUT2D eigenvalue weighted by atomic mass is 10.2. The van der Waals surface area contributed by atoms with E-state index in [4.69, 9.17) is 9.84 Å². The van der Waals surface area contributed by atoms with E-state index in [0.717, 1.165) is 18.7 Å². The van der Waals surface area contributed by atoms with Crippen molar-refractivity contribution in [3.8, 4) is 5.75 Å². The number of aromatic nitrogens is 1. The monoisotopic (exact) mass is 286 g/mol. The minimum absolute atomic E-state index is 0.186. The van der Waals surface area contributed by atoms with Crippen LogP contribution in [0.5, 0.6) is 5.75 Å². The highest BCUT2D eigenvalue weighted by molar-refractivity contribution is 5.90. The van der Waals surface area contributed by atoms with Gasteiger partial charge in [0.1, 0.15) is 17.9 Å². The van der Waals surface area contributed by atoms with Crippen molar-refractivity contribution in [1.82, 2.24) is 10.3 Å². The average Bonchev–Trinajstić information content (AvgIpc) is 2.52. The summed E-state index contributed by atoms with van der Waals surface area (Å²) in [6, 6.07) is 12.5. The second-order valence-corrected chi connectivity index (χ2v) is 4.47. The minimum atomic E-state index is -0.978. The van der Waals surface area contributed by atoms with Gasteiger partial charge in [0.05, 0.1) is 0 Å². The predicted octanol–water partition coefficient (Wildman–Crippen LogP) is 1.99. The van der Waals surface area contributed by atoms with Crippen molar-refractivity contribution < 1.29 is 14.6 Å². The number of ether oxygens (including phenoxy) is 1. The lowest BCUT2D eigenvalue weighted by molar-refractivity contribution is 0.0692. The van der Waals surface area contributed by atoms with Crippen LogP contribution in [-0.4, -0.2) is 35.8 Å². The van der Waals surface area contributed by atoms with E-state index in [2.05, 4.69) is 10.3 Å². The standard InChI is InChI=1S/C16H18N2O3/c19-16(20)14-6-1-2-7-15(14)21-12-11-17-10-8-13-5-3-4-9-18-13/h1-7,9,17H,8,10-12H2,(H,19,20). The van der Waals surface area contributed by atoms with Crippen LogP contribution in [0, 0.1) is 0 Å². The maximum atomic E-state index is 11.0. The zero-order valence-corrected chi connectivity index (χ0v) is 11.7. The fourth-order valence-electron chi connectivity index (χ4n) is 1.89. The summed E-state index contributed by atoms with van der Waals surface area (Å²) in [5, 5.41) is 12.3. The zero-order chi connectivity index (χ0) is 14.9. The maximum absolute atomic E-state index is 11.0. The highest BCUT2D eigenvalue weighted by atomic mass is 16.5. The smallest absolute Gasteiger partial charge is 0.339 e. The Morgan fingerprint density at radius 2 is 1.95 bits per heavy atom. The summed E-state index contributed by atoms with van der Waals surface area (Å²) in [6.45, 7) is 1.88. The van der Waals surface area contributed by atoms with Gasteiger partial charge in [-0.05, 0) is 24.3 Å². The SMILES string of the molecule is O=C(O)c1ccccc1OCCNCCc1ccccn1. The minimum Gasteiger partial charge on any atom is -0.491 e. The van der Waals surface area contributed by atoms with E-state index in [9.17, 15) is 4.79 Å². The number of rotatable bonds is 8. The van der Waals surface area contributed by atoms with Crippen LogP contribution < -0.4 is 10.1 Å². The third-order valence-corrected chi connectivity index (χ3v) is 2.94. The van der Waals surface area contributed by atoms with E-state index in [1.54, 1.807) is 24.4 Å². The molecule has 0 spiro atoms. The van der Waals surface area contributed by atoms with Crippen molar-refractivity contribution in [3.05, 3.63) is 59.9 Å². The van der Waals surface area contributed by atoms with E-state index < -0.39 is 5.97 Å². The van der Waals surface area contributed by atoms with Crippen molar-refractivity contribution in [2.24, 2.45) is 0 Å². The number of pyridine rings is 1. The number of para-hydroxylation sites is 1. The Bertz CT molecular complexity index is 573. The van der Waals surface area contributed by atoms with Gasteiger partial charge in [0.15, 0.2) is 0 Å². The topological polar surface area (TPSA) is 71.5 Å². The maximum Gasteiger partial charge on any atom is 0.339 e. The second kappa shape index (κ2) is 8.01. The molecule has 1 heterocycles. The quantitative estimate of drug-likeness (QED) is 0.726. The molecule has 2 aromatic rings. The van der Waals surface area contributed by atoms with Gasteiger partial charge in [-0.2, -0.15) is 0 Å². The summed E-state index contributed by atoms with van der Waals surface area (Å²) in [7, 11) is 0. The van der Waals surface area contributed by atoms with Crippen LogP contribution in [0.2, 0.25) is 0 Å². The summed E-state index contributed by atoms with van der Waals surface area (Å²) in [6.07, 6.45) is 2.63. The fraction of sp³-hybridized carbons (Fsp3) is 0.250. The van der Waals surface area contributed by atoms with Crippen molar-refractivity contribution in [3.63, 3.8) is 0 Å². The molecule has 0 aliphatic carbocycles. The number of hydrogen-bond acceptors (Lipinski definition) is 4. The lowest BCUT2D eigenvalue weighted by Gasteiger charge is -2.09. The molecule has 0 aliphatic heterocycles. The molecular formula is C16H18N2O3. The van der Waals surface area contributed by atoms with Crippen LogP contribution in [0.4, 0.5) is 0 Å².